The molecule has 4 rings (SSSR count). The van der Waals surface area contributed by atoms with Crippen LogP contribution in [-0.4, -0.2) is 97.1 Å². The van der Waals surface area contributed by atoms with Gasteiger partial charge in [-0.25, -0.2) is 15.0 Å². The number of hydrogen-bond donors (Lipinski definition) is 5. The molecule has 1 fully saturated rings. The molecule has 14 nitrogen and oxygen atoms in total. The van der Waals surface area contributed by atoms with E-state index in [9.17, 15) is 19.8 Å². The summed E-state index contributed by atoms with van der Waals surface area (Å²) in [5.41, 5.74) is 19.4. The number of esters is 1. The zero-order valence-electron chi connectivity index (χ0n) is 22.3. The zero-order valence-corrected chi connectivity index (χ0v) is 22.3. The molecule has 1 aromatic carbocycles. The maximum absolute atomic E-state index is 12.1. The molecule has 216 valence electrons. The number of hydrogen-bond acceptors (Lipinski definition) is 12. The Morgan fingerprint density at radius 1 is 1.20 bits per heavy atom. The number of rotatable bonds is 13. The number of nitrogens with two attached hydrogens (primary N) is 3. The van der Waals surface area contributed by atoms with E-state index in [1.54, 1.807) is 25.1 Å². The predicted molar refractivity (Wildman–Crippen MR) is 145 cm³/mol. The highest BCUT2D eigenvalue weighted by Gasteiger charge is 2.44. The summed E-state index contributed by atoms with van der Waals surface area (Å²) in [6, 6.07) is 6.34. The number of aromatic nitrogens is 4. The van der Waals surface area contributed by atoms with Crippen LogP contribution in [0.15, 0.2) is 36.9 Å². The SMILES string of the molecule is CCOC(=O)[C@@H](N)CCN(CCCc1cccc(C(N)=O)c1)C[C@H]1O[C@@H](n2cnc3c(N)ncnc32)[C@H](O)[C@@H]1O. The van der Waals surface area contributed by atoms with E-state index in [1.807, 2.05) is 11.0 Å². The lowest BCUT2D eigenvalue weighted by molar-refractivity contribution is -0.144. The number of benzene rings is 1. The van der Waals surface area contributed by atoms with Gasteiger partial charge in [-0.05, 0) is 50.4 Å². The molecule has 0 aliphatic carbocycles. The van der Waals surface area contributed by atoms with Crippen molar-refractivity contribution < 1.29 is 29.3 Å². The molecule has 1 aliphatic heterocycles. The highest BCUT2D eigenvalue weighted by atomic mass is 16.6. The fourth-order valence-electron chi connectivity index (χ4n) is 4.79. The van der Waals surface area contributed by atoms with Crippen LogP contribution >= 0.6 is 0 Å². The maximum atomic E-state index is 12.1. The zero-order chi connectivity index (χ0) is 28.8. The summed E-state index contributed by atoms with van der Waals surface area (Å²) < 4.78 is 12.7. The lowest BCUT2D eigenvalue weighted by Gasteiger charge is -2.27. The van der Waals surface area contributed by atoms with E-state index < -0.39 is 42.5 Å². The van der Waals surface area contributed by atoms with Crippen LogP contribution in [0.2, 0.25) is 0 Å². The van der Waals surface area contributed by atoms with Gasteiger partial charge < -0.3 is 41.8 Å². The summed E-state index contributed by atoms with van der Waals surface area (Å²) in [4.78, 5) is 37.9. The Balaban J connectivity index is 1.44. The molecule has 0 unspecified atom stereocenters. The first-order valence-electron chi connectivity index (χ1n) is 13.2. The molecule has 2 aromatic heterocycles. The van der Waals surface area contributed by atoms with Gasteiger partial charge in [-0.1, -0.05) is 12.1 Å². The van der Waals surface area contributed by atoms with Crippen molar-refractivity contribution in [2.75, 3.05) is 32.0 Å². The van der Waals surface area contributed by atoms with Crippen molar-refractivity contribution in [3.63, 3.8) is 0 Å². The number of anilines is 1. The van der Waals surface area contributed by atoms with Gasteiger partial charge in [-0.3, -0.25) is 14.2 Å². The first-order valence-corrected chi connectivity index (χ1v) is 13.2. The fourth-order valence-corrected chi connectivity index (χ4v) is 4.79. The van der Waals surface area contributed by atoms with Crippen LogP contribution in [0, 0.1) is 0 Å². The van der Waals surface area contributed by atoms with Gasteiger partial charge in [-0.15, -0.1) is 0 Å². The van der Waals surface area contributed by atoms with Crippen LogP contribution in [0.3, 0.4) is 0 Å². The monoisotopic (exact) mass is 556 g/mol. The third kappa shape index (κ3) is 6.71. The third-order valence-corrected chi connectivity index (χ3v) is 6.93. The lowest BCUT2D eigenvalue weighted by atomic mass is 10.1. The minimum atomic E-state index is -1.25. The Morgan fingerprint density at radius 3 is 2.75 bits per heavy atom. The fraction of sp³-hybridized carbons (Fsp3) is 0.500. The molecule has 0 bridgehead atoms. The summed E-state index contributed by atoms with van der Waals surface area (Å²) in [5, 5.41) is 21.7. The molecule has 5 atom stereocenters. The molecule has 40 heavy (non-hydrogen) atoms. The number of imidazole rings is 1. The number of carbonyl (C=O) groups excluding carboxylic acids is 2. The number of ether oxygens (including phenoxy) is 2. The van der Waals surface area contributed by atoms with Gasteiger partial charge >= 0.3 is 5.97 Å². The summed E-state index contributed by atoms with van der Waals surface area (Å²) in [5.74, 6) is -0.776. The van der Waals surface area contributed by atoms with Crippen molar-refractivity contribution >= 4 is 28.9 Å². The summed E-state index contributed by atoms with van der Waals surface area (Å²) in [6.07, 6.45) is 0.278. The van der Waals surface area contributed by atoms with E-state index in [0.29, 0.717) is 49.1 Å². The van der Waals surface area contributed by atoms with Crippen LogP contribution in [0.1, 0.15) is 41.9 Å². The number of nitrogens with zero attached hydrogens (tertiary/aromatic N) is 5. The second-order valence-electron chi connectivity index (χ2n) is 9.75. The molecule has 0 spiro atoms. The summed E-state index contributed by atoms with van der Waals surface area (Å²) >= 11 is 0. The topological polar surface area (TPSA) is 218 Å². The second-order valence-corrected chi connectivity index (χ2v) is 9.75. The molecule has 1 amide bonds. The molecule has 14 heteroatoms. The van der Waals surface area contributed by atoms with Crippen molar-refractivity contribution in [2.24, 2.45) is 11.5 Å². The summed E-state index contributed by atoms with van der Waals surface area (Å²) in [7, 11) is 0. The Labute approximate surface area is 231 Å². The van der Waals surface area contributed by atoms with Crippen LogP contribution < -0.4 is 17.2 Å². The molecular weight excluding hydrogens is 520 g/mol. The van der Waals surface area contributed by atoms with Crippen molar-refractivity contribution in [1.29, 1.82) is 0 Å². The molecule has 1 aliphatic rings. The van der Waals surface area contributed by atoms with Crippen molar-refractivity contribution in [2.45, 2.75) is 56.8 Å². The first-order chi connectivity index (χ1) is 19.2. The third-order valence-electron chi connectivity index (χ3n) is 6.93. The smallest absolute Gasteiger partial charge is 0.322 e. The average Bonchev–Trinajstić information content (AvgIpc) is 3.49. The number of carbonyl (C=O) groups is 2. The predicted octanol–water partition coefficient (Wildman–Crippen LogP) is -0.658. The second kappa shape index (κ2) is 13.1. The van der Waals surface area contributed by atoms with Gasteiger partial charge in [0.1, 0.15) is 36.2 Å². The molecule has 3 heterocycles. The average molecular weight is 557 g/mol. The van der Waals surface area contributed by atoms with Crippen LogP contribution in [-0.2, 0) is 20.7 Å². The number of nitrogen functional groups attached to an aromatic ring is 1. The van der Waals surface area contributed by atoms with Gasteiger partial charge in [0.25, 0.3) is 0 Å². The van der Waals surface area contributed by atoms with E-state index in [0.717, 1.165) is 5.56 Å². The highest BCUT2D eigenvalue weighted by molar-refractivity contribution is 5.92. The Kier molecular flexibility index (Phi) is 9.60. The molecule has 1 saturated heterocycles. The van der Waals surface area contributed by atoms with E-state index in [-0.39, 0.29) is 19.0 Å². The van der Waals surface area contributed by atoms with Crippen molar-refractivity contribution in [3.05, 3.63) is 48.0 Å². The van der Waals surface area contributed by atoms with Gasteiger partial charge in [0.15, 0.2) is 17.7 Å². The number of aliphatic hydroxyl groups is 2. The largest absolute Gasteiger partial charge is 0.465 e. The molecule has 8 N–H and O–H groups in total. The minimum absolute atomic E-state index is 0.193. The first kappa shape index (κ1) is 29.3. The van der Waals surface area contributed by atoms with E-state index in [1.165, 1.54) is 17.2 Å². The normalized spacial score (nSPS) is 21.6. The van der Waals surface area contributed by atoms with Gasteiger partial charge in [0.05, 0.1) is 12.9 Å². The highest BCUT2D eigenvalue weighted by Crippen LogP contribution is 2.32. The van der Waals surface area contributed by atoms with Crippen molar-refractivity contribution in [1.82, 2.24) is 24.4 Å². The summed E-state index contributed by atoms with van der Waals surface area (Å²) in [6.45, 7) is 3.21. The molecular formula is C26H36N8O6. The Hall–Kier alpha value is -3.69. The Bertz CT molecular complexity index is 1320. The van der Waals surface area contributed by atoms with E-state index in [4.69, 9.17) is 26.7 Å². The maximum Gasteiger partial charge on any atom is 0.322 e. The molecule has 0 radical (unpaired) electrons. The van der Waals surface area contributed by atoms with Crippen LogP contribution in [0.5, 0.6) is 0 Å². The van der Waals surface area contributed by atoms with Gasteiger partial charge in [-0.2, -0.15) is 0 Å². The van der Waals surface area contributed by atoms with E-state index >= 15 is 0 Å². The molecule has 3 aromatic rings. The number of aliphatic hydroxyl groups excluding tert-OH is 2. The Morgan fingerprint density at radius 2 is 2.00 bits per heavy atom. The minimum Gasteiger partial charge on any atom is -0.465 e. The molecule has 0 saturated carbocycles. The van der Waals surface area contributed by atoms with Crippen LogP contribution in [0.25, 0.3) is 11.2 Å². The van der Waals surface area contributed by atoms with Gasteiger partial charge in [0, 0.05) is 18.7 Å². The quantitative estimate of drug-likeness (QED) is 0.166. The lowest BCUT2D eigenvalue weighted by Crippen LogP contribution is -2.43. The van der Waals surface area contributed by atoms with Crippen molar-refractivity contribution in [3.8, 4) is 0 Å². The van der Waals surface area contributed by atoms with Gasteiger partial charge in [0.2, 0.25) is 5.91 Å². The van der Waals surface area contributed by atoms with E-state index in [2.05, 4.69) is 15.0 Å². The number of fused-ring (bicyclic) bond motifs is 1. The standard InChI is InChI=1S/C26H36N8O6/c1-2-39-26(38)17(27)8-10-33(9-4-6-15-5-3-7-16(11-15)23(29)37)12-18-20(35)21(36)25(40-18)34-14-32-19-22(28)30-13-31-24(19)34/h3,5,7,11,13-14,17-18,20-21,25,35-36H,2,4,6,8-10,12,27H2,1H3,(H2,29,37)(H2,28,30,31)/t17-,18+,20+,21+,25+/m0/s1. The number of amides is 1. The number of aryl methyl sites for hydroxylation is 1. The number of primary amides is 1. The van der Waals surface area contributed by atoms with Crippen LogP contribution in [0.4, 0.5) is 5.82 Å².